The first-order valence-corrected chi connectivity index (χ1v) is 6.93. The first kappa shape index (κ1) is 14.4. The Morgan fingerprint density at radius 1 is 1.15 bits per heavy atom. The molecule has 0 saturated heterocycles. The van der Waals surface area contributed by atoms with E-state index in [4.69, 9.17) is 0 Å². The van der Waals surface area contributed by atoms with Crippen LogP contribution in [0.15, 0.2) is 9.59 Å². The Balaban J connectivity index is 2.82. The standard InChI is InChI=1S/C13H21N5O2/c1-5-7-8-18-10-9(15-12(18)14-6-2)11(19)17(4)13(20)16(10)3/h5-8H2,1-4H3,(H,14,15). The molecule has 2 aromatic heterocycles. The molecular weight excluding hydrogens is 258 g/mol. The lowest BCUT2D eigenvalue weighted by molar-refractivity contribution is 0.625. The lowest BCUT2D eigenvalue weighted by Gasteiger charge is -2.11. The lowest BCUT2D eigenvalue weighted by atomic mass is 10.3. The van der Waals surface area contributed by atoms with Crippen LogP contribution < -0.4 is 16.6 Å². The molecule has 0 aromatic carbocycles. The van der Waals surface area contributed by atoms with Gasteiger partial charge >= 0.3 is 5.69 Å². The van der Waals surface area contributed by atoms with E-state index >= 15 is 0 Å². The van der Waals surface area contributed by atoms with Gasteiger partial charge in [0.05, 0.1) is 0 Å². The Kier molecular flexibility index (Phi) is 3.96. The van der Waals surface area contributed by atoms with Crippen LogP contribution in [-0.2, 0) is 20.6 Å². The van der Waals surface area contributed by atoms with Gasteiger partial charge in [0.1, 0.15) is 0 Å². The number of anilines is 1. The van der Waals surface area contributed by atoms with Gasteiger partial charge in [-0.3, -0.25) is 18.5 Å². The number of unbranched alkanes of at least 4 members (excludes halogenated alkanes) is 1. The third kappa shape index (κ3) is 2.13. The first-order chi connectivity index (χ1) is 9.52. The number of imidazole rings is 1. The van der Waals surface area contributed by atoms with Crippen molar-refractivity contribution in [2.75, 3.05) is 11.9 Å². The van der Waals surface area contributed by atoms with Gasteiger partial charge in [0.15, 0.2) is 11.2 Å². The summed E-state index contributed by atoms with van der Waals surface area (Å²) in [5.74, 6) is 0.647. The fourth-order valence-electron chi connectivity index (χ4n) is 2.31. The molecule has 0 atom stereocenters. The second kappa shape index (κ2) is 5.52. The predicted molar refractivity (Wildman–Crippen MR) is 79.3 cm³/mol. The number of fused-ring (bicyclic) bond motifs is 1. The molecular formula is C13H21N5O2. The van der Waals surface area contributed by atoms with E-state index in [0.29, 0.717) is 23.7 Å². The van der Waals surface area contributed by atoms with Crippen molar-refractivity contribution in [1.29, 1.82) is 0 Å². The van der Waals surface area contributed by atoms with Crippen LogP contribution in [0.4, 0.5) is 5.95 Å². The van der Waals surface area contributed by atoms with Crippen LogP contribution in [0.2, 0.25) is 0 Å². The SMILES string of the molecule is CCCCn1c(NCC)nc2c(=O)n(C)c(=O)n(C)c21. The van der Waals surface area contributed by atoms with Crippen LogP contribution in [0.25, 0.3) is 11.2 Å². The molecule has 0 radical (unpaired) electrons. The van der Waals surface area contributed by atoms with Gasteiger partial charge in [-0.15, -0.1) is 0 Å². The number of hydrogen-bond donors (Lipinski definition) is 1. The third-order valence-corrected chi connectivity index (χ3v) is 3.41. The lowest BCUT2D eigenvalue weighted by Crippen LogP contribution is -2.37. The zero-order valence-corrected chi connectivity index (χ0v) is 12.4. The van der Waals surface area contributed by atoms with E-state index in [1.165, 1.54) is 11.6 Å². The number of nitrogens with one attached hydrogen (secondary N) is 1. The second-order valence-electron chi connectivity index (χ2n) is 4.85. The highest BCUT2D eigenvalue weighted by Crippen LogP contribution is 2.16. The summed E-state index contributed by atoms with van der Waals surface area (Å²) < 4.78 is 4.50. The first-order valence-electron chi connectivity index (χ1n) is 6.93. The van der Waals surface area contributed by atoms with E-state index in [1.807, 2.05) is 11.5 Å². The Morgan fingerprint density at radius 2 is 1.85 bits per heavy atom. The topological polar surface area (TPSA) is 73.8 Å². The molecule has 0 unspecified atom stereocenters. The molecule has 0 aliphatic heterocycles. The van der Waals surface area contributed by atoms with Crippen molar-refractivity contribution in [3.63, 3.8) is 0 Å². The zero-order valence-electron chi connectivity index (χ0n) is 12.4. The molecule has 0 spiro atoms. The van der Waals surface area contributed by atoms with Crippen LogP contribution in [0.5, 0.6) is 0 Å². The molecule has 0 bridgehead atoms. The van der Waals surface area contributed by atoms with Gasteiger partial charge in [-0.1, -0.05) is 13.3 Å². The Bertz CT molecular complexity index is 738. The van der Waals surface area contributed by atoms with E-state index in [9.17, 15) is 9.59 Å². The summed E-state index contributed by atoms with van der Waals surface area (Å²) in [6, 6.07) is 0. The molecule has 2 heterocycles. The predicted octanol–water partition coefficient (Wildman–Crippen LogP) is 0.666. The molecule has 2 aromatic rings. The summed E-state index contributed by atoms with van der Waals surface area (Å²) in [6.07, 6.45) is 2.00. The van der Waals surface area contributed by atoms with Crippen molar-refractivity contribution in [3.05, 3.63) is 20.8 Å². The van der Waals surface area contributed by atoms with Gasteiger partial charge < -0.3 is 5.32 Å². The molecule has 0 aliphatic carbocycles. The maximum absolute atomic E-state index is 12.2. The minimum absolute atomic E-state index is 0.330. The summed E-state index contributed by atoms with van der Waals surface area (Å²) in [4.78, 5) is 28.6. The van der Waals surface area contributed by atoms with E-state index in [2.05, 4.69) is 17.2 Å². The molecule has 0 fully saturated rings. The van der Waals surface area contributed by atoms with Crippen LogP contribution in [0.1, 0.15) is 26.7 Å². The van der Waals surface area contributed by atoms with Crippen molar-refractivity contribution in [3.8, 4) is 0 Å². The van der Waals surface area contributed by atoms with E-state index < -0.39 is 0 Å². The molecule has 2 rings (SSSR count). The van der Waals surface area contributed by atoms with Crippen LogP contribution in [-0.4, -0.2) is 25.2 Å². The molecule has 0 amide bonds. The van der Waals surface area contributed by atoms with Gasteiger partial charge in [0, 0.05) is 27.2 Å². The quantitative estimate of drug-likeness (QED) is 0.873. The van der Waals surface area contributed by atoms with Crippen molar-refractivity contribution >= 4 is 17.1 Å². The van der Waals surface area contributed by atoms with Crippen molar-refractivity contribution in [2.24, 2.45) is 14.1 Å². The van der Waals surface area contributed by atoms with Gasteiger partial charge in [0.2, 0.25) is 5.95 Å². The Hall–Kier alpha value is -2.05. The molecule has 110 valence electrons. The highest BCUT2D eigenvalue weighted by molar-refractivity contribution is 5.74. The van der Waals surface area contributed by atoms with Crippen molar-refractivity contribution < 1.29 is 0 Å². The minimum Gasteiger partial charge on any atom is -0.356 e. The number of aromatic nitrogens is 4. The third-order valence-electron chi connectivity index (χ3n) is 3.41. The van der Waals surface area contributed by atoms with Gasteiger partial charge in [0.25, 0.3) is 5.56 Å². The maximum Gasteiger partial charge on any atom is 0.332 e. The monoisotopic (exact) mass is 279 g/mol. The van der Waals surface area contributed by atoms with E-state index in [0.717, 1.165) is 24.0 Å². The van der Waals surface area contributed by atoms with Gasteiger partial charge in [-0.25, -0.2) is 9.78 Å². The fraction of sp³-hybridized carbons (Fsp3) is 0.615. The van der Waals surface area contributed by atoms with Gasteiger partial charge in [-0.2, -0.15) is 0 Å². The van der Waals surface area contributed by atoms with E-state index in [-0.39, 0.29) is 11.2 Å². The number of hydrogen-bond acceptors (Lipinski definition) is 4. The minimum atomic E-state index is -0.350. The molecule has 20 heavy (non-hydrogen) atoms. The smallest absolute Gasteiger partial charge is 0.332 e. The van der Waals surface area contributed by atoms with Crippen molar-refractivity contribution in [2.45, 2.75) is 33.2 Å². The highest BCUT2D eigenvalue weighted by atomic mass is 16.2. The van der Waals surface area contributed by atoms with Crippen LogP contribution >= 0.6 is 0 Å². The Morgan fingerprint density at radius 3 is 2.45 bits per heavy atom. The summed E-state index contributed by atoms with van der Waals surface area (Å²) in [7, 11) is 3.14. The number of nitrogens with zero attached hydrogens (tertiary/aromatic N) is 4. The van der Waals surface area contributed by atoms with Crippen LogP contribution in [0, 0.1) is 0 Å². The van der Waals surface area contributed by atoms with E-state index in [1.54, 1.807) is 7.05 Å². The second-order valence-corrected chi connectivity index (χ2v) is 4.85. The molecule has 1 N–H and O–H groups in total. The molecule has 7 nitrogen and oxygen atoms in total. The van der Waals surface area contributed by atoms with Gasteiger partial charge in [-0.05, 0) is 13.3 Å². The molecule has 0 saturated carbocycles. The number of aryl methyl sites for hydroxylation is 2. The summed E-state index contributed by atoms with van der Waals surface area (Å²) >= 11 is 0. The maximum atomic E-state index is 12.2. The molecule has 0 aliphatic rings. The fourth-order valence-corrected chi connectivity index (χ4v) is 2.31. The molecule has 7 heteroatoms. The summed E-state index contributed by atoms with van der Waals surface area (Å²) in [6.45, 7) is 5.52. The number of rotatable bonds is 5. The highest BCUT2D eigenvalue weighted by Gasteiger charge is 2.18. The largest absolute Gasteiger partial charge is 0.356 e. The normalized spacial score (nSPS) is 11.2. The Labute approximate surface area is 116 Å². The summed E-state index contributed by atoms with van der Waals surface area (Å²) in [5, 5.41) is 3.16. The average molecular weight is 279 g/mol. The van der Waals surface area contributed by atoms with Crippen LogP contribution in [0.3, 0.4) is 0 Å². The average Bonchev–Trinajstić information content (AvgIpc) is 2.79. The zero-order chi connectivity index (χ0) is 14.9. The summed E-state index contributed by atoms with van der Waals surface area (Å²) in [5.41, 5.74) is 0.241. The van der Waals surface area contributed by atoms with Crippen molar-refractivity contribution in [1.82, 2.24) is 18.7 Å².